The Morgan fingerprint density at radius 3 is 2.71 bits per heavy atom. The first-order chi connectivity index (χ1) is 10.2. The lowest BCUT2D eigenvalue weighted by atomic mass is 9.89. The van der Waals surface area contributed by atoms with Crippen LogP contribution < -0.4 is 5.32 Å². The summed E-state index contributed by atoms with van der Waals surface area (Å²) >= 11 is 0. The van der Waals surface area contributed by atoms with Gasteiger partial charge in [-0.1, -0.05) is 42.5 Å². The molecule has 1 unspecified atom stereocenters. The fourth-order valence-corrected chi connectivity index (χ4v) is 3.12. The normalized spacial score (nSPS) is 23.1. The van der Waals surface area contributed by atoms with Crippen LogP contribution >= 0.6 is 0 Å². The number of hydrogen-bond donors (Lipinski definition) is 2. The largest absolute Gasteiger partial charge is 0.508 e. The van der Waals surface area contributed by atoms with E-state index in [0.29, 0.717) is 5.75 Å². The number of nitrogens with zero attached hydrogens (tertiary/aromatic N) is 1. The number of phenols is 1. The minimum atomic E-state index is -0.0175. The molecule has 3 nitrogen and oxygen atoms in total. The van der Waals surface area contributed by atoms with Gasteiger partial charge in [0.2, 0.25) is 0 Å². The number of hydrogen-bond acceptors (Lipinski definition) is 3. The first kappa shape index (κ1) is 14.1. The average molecular weight is 282 g/mol. The summed E-state index contributed by atoms with van der Waals surface area (Å²) in [6, 6.07) is 18.2. The van der Waals surface area contributed by atoms with Gasteiger partial charge in [-0.3, -0.25) is 4.90 Å². The van der Waals surface area contributed by atoms with Crippen molar-refractivity contribution in [1.29, 1.82) is 0 Å². The number of benzene rings is 2. The van der Waals surface area contributed by atoms with Gasteiger partial charge in [0.1, 0.15) is 5.75 Å². The van der Waals surface area contributed by atoms with Gasteiger partial charge in [-0.25, -0.2) is 0 Å². The van der Waals surface area contributed by atoms with Crippen molar-refractivity contribution in [2.45, 2.75) is 19.0 Å². The molecule has 21 heavy (non-hydrogen) atoms. The van der Waals surface area contributed by atoms with Crippen LogP contribution in [-0.4, -0.2) is 29.6 Å². The molecule has 0 spiro atoms. The van der Waals surface area contributed by atoms with Crippen molar-refractivity contribution >= 4 is 0 Å². The second-order valence-electron chi connectivity index (χ2n) is 6.01. The topological polar surface area (TPSA) is 35.5 Å². The molecule has 0 saturated carbocycles. The van der Waals surface area contributed by atoms with Crippen LogP contribution in [-0.2, 0) is 12.1 Å². The summed E-state index contributed by atoms with van der Waals surface area (Å²) in [6.45, 7) is 6.10. The summed E-state index contributed by atoms with van der Waals surface area (Å²) in [5.74, 6) is 0.341. The van der Waals surface area contributed by atoms with Crippen molar-refractivity contribution in [3.63, 3.8) is 0 Å². The van der Waals surface area contributed by atoms with Gasteiger partial charge in [0, 0.05) is 26.2 Å². The zero-order chi connectivity index (χ0) is 14.7. The smallest absolute Gasteiger partial charge is 0.115 e. The highest BCUT2D eigenvalue weighted by atomic mass is 16.3. The summed E-state index contributed by atoms with van der Waals surface area (Å²) in [7, 11) is 0. The molecular weight excluding hydrogens is 260 g/mol. The lowest BCUT2D eigenvalue weighted by Gasteiger charge is -2.42. The van der Waals surface area contributed by atoms with Gasteiger partial charge in [0.05, 0.1) is 5.54 Å². The minimum absolute atomic E-state index is 0.0175. The average Bonchev–Trinajstić information content (AvgIpc) is 2.48. The molecule has 2 aromatic carbocycles. The van der Waals surface area contributed by atoms with E-state index in [1.165, 1.54) is 5.56 Å². The molecule has 0 aliphatic carbocycles. The Labute approximate surface area is 126 Å². The molecule has 1 heterocycles. The Balaban J connectivity index is 1.74. The van der Waals surface area contributed by atoms with Gasteiger partial charge < -0.3 is 10.4 Å². The quantitative estimate of drug-likeness (QED) is 0.908. The van der Waals surface area contributed by atoms with E-state index < -0.39 is 0 Å². The second kappa shape index (κ2) is 5.88. The predicted octanol–water partition coefficient (Wildman–Crippen LogP) is 2.71. The van der Waals surface area contributed by atoms with Crippen LogP contribution in [0.15, 0.2) is 54.6 Å². The summed E-state index contributed by atoms with van der Waals surface area (Å²) in [6.07, 6.45) is 0. The molecule has 2 N–H and O–H groups in total. The molecule has 2 aromatic rings. The third-order valence-electron chi connectivity index (χ3n) is 4.21. The molecule has 0 radical (unpaired) electrons. The van der Waals surface area contributed by atoms with Crippen molar-refractivity contribution in [2.75, 3.05) is 19.6 Å². The Morgan fingerprint density at radius 1 is 1.14 bits per heavy atom. The summed E-state index contributed by atoms with van der Waals surface area (Å²) in [5.41, 5.74) is 2.47. The van der Waals surface area contributed by atoms with Gasteiger partial charge in [0.15, 0.2) is 0 Å². The van der Waals surface area contributed by atoms with Crippen molar-refractivity contribution in [2.24, 2.45) is 0 Å². The molecule has 0 aromatic heterocycles. The highest BCUT2D eigenvalue weighted by molar-refractivity contribution is 5.28. The minimum Gasteiger partial charge on any atom is -0.508 e. The third-order valence-corrected chi connectivity index (χ3v) is 4.21. The Morgan fingerprint density at radius 2 is 1.95 bits per heavy atom. The molecule has 1 saturated heterocycles. The lowest BCUT2D eigenvalue weighted by Crippen LogP contribution is -2.56. The maximum atomic E-state index is 9.59. The molecule has 1 aliphatic rings. The van der Waals surface area contributed by atoms with Crippen LogP contribution in [0, 0.1) is 0 Å². The van der Waals surface area contributed by atoms with E-state index in [4.69, 9.17) is 0 Å². The van der Waals surface area contributed by atoms with E-state index >= 15 is 0 Å². The number of rotatable bonds is 3. The van der Waals surface area contributed by atoms with Crippen LogP contribution in [0.1, 0.15) is 18.1 Å². The lowest BCUT2D eigenvalue weighted by molar-refractivity contribution is 0.136. The van der Waals surface area contributed by atoms with Gasteiger partial charge in [0.25, 0.3) is 0 Å². The van der Waals surface area contributed by atoms with Gasteiger partial charge in [-0.05, 0) is 30.2 Å². The first-order valence-electron chi connectivity index (χ1n) is 7.47. The number of aromatic hydroxyl groups is 1. The Kier molecular flexibility index (Phi) is 3.95. The molecule has 3 heteroatoms. The van der Waals surface area contributed by atoms with E-state index in [1.807, 2.05) is 12.1 Å². The number of phenolic OH excluding ortho intramolecular Hbond substituents is 1. The zero-order valence-corrected chi connectivity index (χ0v) is 12.4. The molecule has 1 aliphatic heterocycles. The van der Waals surface area contributed by atoms with Crippen molar-refractivity contribution in [3.05, 3.63) is 65.7 Å². The van der Waals surface area contributed by atoms with E-state index in [9.17, 15) is 5.11 Å². The van der Waals surface area contributed by atoms with Crippen molar-refractivity contribution in [3.8, 4) is 5.75 Å². The standard InChI is InChI=1S/C18H22N2O/c1-18(16-7-3-2-4-8-16)14-20(11-10-19-18)13-15-6-5-9-17(21)12-15/h2-9,12,19,21H,10-11,13-14H2,1H3. The van der Waals surface area contributed by atoms with Gasteiger partial charge >= 0.3 is 0 Å². The Bertz CT molecular complexity index is 599. The maximum absolute atomic E-state index is 9.59. The highest BCUT2D eigenvalue weighted by Gasteiger charge is 2.31. The maximum Gasteiger partial charge on any atom is 0.115 e. The van der Waals surface area contributed by atoms with Crippen LogP contribution in [0.25, 0.3) is 0 Å². The zero-order valence-electron chi connectivity index (χ0n) is 12.4. The summed E-state index contributed by atoms with van der Waals surface area (Å²) in [5, 5.41) is 13.2. The number of nitrogens with one attached hydrogen (secondary N) is 1. The van der Waals surface area contributed by atoms with Gasteiger partial charge in [-0.15, -0.1) is 0 Å². The van der Waals surface area contributed by atoms with Crippen LogP contribution in [0.5, 0.6) is 5.75 Å². The first-order valence-corrected chi connectivity index (χ1v) is 7.47. The van der Waals surface area contributed by atoms with E-state index in [2.05, 4.69) is 53.5 Å². The molecule has 1 atom stereocenters. The van der Waals surface area contributed by atoms with Crippen LogP contribution in [0.4, 0.5) is 0 Å². The van der Waals surface area contributed by atoms with Gasteiger partial charge in [-0.2, -0.15) is 0 Å². The molecule has 3 rings (SSSR count). The fourth-order valence-electron chi connectivity index (χ4n) is 3.12. The summed E-state index contributed by atoms with van der Waals surface area (Å²) in [4.78, 5) is 2.44. The third kappa shape index (κ3) is 3.26. The van der Waals surface area contributed by atoms with Crippen LogP contribution in [0.2, 0.25) is 0 Å². The van der Waals surface area contributed by atoms with Crippen molar-refractivity contribution in [1.82, 2.24) is 10.2 Å². The van der Waals surface area contributed by atoms with Crippen LogP contribution in [0.3, 0.4) is 0 Å². The molecule has 110 valence electrons. The molecule has 0 amide bonds. The van der Waals surface area contributed by atoms with E-state index in [-0.39, 0.29) is 5.54 Å². The van der Waals surface area contributed by atoms with Crippen molar-refractivity contribution < 1.29 is 5.11 Å². The van der Waals surface area contributed by atoms with E-state index in [0.717, 1.165) is 31.7 Å². The Hall–Kier alpha value is -1.84. The van der Waals surface area contributed by atoms with E-state index in [1.54, 1.807) is 6.07 Å². The predicted molar refractivity (Wildman–Crippen MR) is 85.2 cm³/mol. The fraction of sp³-hybridized carbons (Fsp3) is 0.333. The molecule has 1 fully saturated rings. The monoisotopic (exact) mass is 282 g/mol. The molecular formula is C18H22N2O. The SMILES string of the molecule is CC1(c2ccccc2)CN(Cc2cccc(O)c2)CCN1. The summed E-state index contributed by atoms with van der Waals surface area (Å²) < 4.78 is 0. The molecule has 0 bridgehead atoms. The number of piperazine rings is 1. The highest BCUT2D eigenvalue weighted by Crippen LogP contribution is 2.25. The second-order valence-corrected chi connectivity index (χ2v) is 6.01.